The molecule has 0 heterocycles. The van der Waals surface area contributed by atoms with Crippen LogP contribution in [0.4, 0.5) is 17.1 Å². The Morgan fingerprint density at radius 3 is 1.42 bits per heavy atom. The molecule has 8 nitrogen and oxygen atoms in total. The molecule has 0 amide bonds. The molecule has 0 saturated carbocycles. The van der Waals surface area contributed by atoms with Crippen LogP contribution in [0.2, 0.25) is 0 Å². The molecule has 8 heteroatoms. The van der Waals surface area contributed by atoms with Crippen LogP contribution in [0.1, 0.15) is 0 Å². The first kappa shape index (κ1) is 20.5. The third-order valence-electron chi connectivity index (χ3n) is 3.19. The Bertz CT molecular complexity index is 415. The summed E-state index contributed by atoms with van der Waals surface area (Å²) >= 11 is 0. The van der Waals surface area contributed by atoms with Gasteiger partial charge in [-0.25, -0.2) is 0 Å². The highest BCUT2D eigenvalue weighted by Crippen LogP contribution is 2.28. The van der Waals surface area contributed by atoms with Crippen molar-refractivity contribution in [1.82, 2.24) is 0 Å². The summed E-state index contributed by atoms with van der Waals surface area (Å²) in [6.45, 7) is 2.06. The minimum atomic E-state index is 0.409. The van der Waals surface area contributed by atoms with E-state index in [4.69, 9.17) is 23.7 Å². The standard InChI is InChI=1S/C16H29N3O5/c1-20-9-17-14-6-15(18(10-21-2)11-22-3)8-16(7-14)19(12-23-4)13-24-5/h6-8,17H,9-13H2,1-5H3. The zero-order valence-corrected chi connectivity index (χ0v) is 15.2. The first-order valence-electron chi connectivity index (χ1n) is 7.53. The fourth-order valence-electron chi connectivity index (χ4n) is 2.21. The van der Waals surface area contributed by atoms with Gasteiger partial charge in [-0.3, -0.25) is 0 Å². The number of nitrogens with one attached hydrogen (secondary N) is 1. The van der Waals surface area contributed by atoms with E-state index in [0.717, 1.165) is 17.1 Å². The van der Waals surface area contributed by atoms with Gasteiger partial charge >= 0.3 is 0 Å². The molecule has 1 rings (SSSR count). The Kier molecular flexibility index (Phi) is 10.1. The second-order valence-corrected chi connectivity index (χ2v) is 5.10. The summed E-state index contributed by atoms with van der Waals surface area (Å²) in [4.78, 5) is 3.94. The summed E-state index contributed by atoms with van der Waals surface area (Å²) in [5.41, 5.74) is 2.82. The largest absolute Gasteiger partial charge is 0.365 e. The lowest BCUT2D eigenvalue weighted by molar-refractivity contribution is 0.139. The van der Waals surface area contributed by atoms with Gasteiger partial charge in [0.1, 0.15) is 33.7 Å². The van der Waals surface area contributed by atoms with Crippen molar-refractivity contribution >= 4 is 17.1 Å². The number of benzene rings is 1. The lowest BCUT2D eigenvalue weighted by Gasteiger charge is -2.28. The fraction of sp³-hybridized carbons (Fsp3) is 0.625. The number of hydrogen-bond donors (Lipinski definition) is 1. The first-order chi connectivity index (χ1) is 11.7. The fourth-order valence-corrected chi connectivity index (χ4v) is 2.21. The van der Waals surface area contributed by atoms with Crippen LogP contribution < -0.4 is 15.1 Å². The van der Waals surface area contributed by atoms with Crippen molar-refractivity contribution in [2.45, 2.75) is 0 Å². The van der Waals surface area contributed by atoms with Gasteiger partial charge in [0.25, 0.3) is 0 Å². The molecular formula is C16H29N3O5. The highest BCUT2D eigenvalue weighted by Gasteiger charge is 2.13. The van der Waals surface area contributed by atoms with Gasteiger partial charge in [0.2, 0.25) is 0 Å². The minimum Gasteiger partial charge on any atom is -0.365 e. The van der Waals surface area contributed by atoms with E-state index in [1.54, 1.807) is 35.5 Å². The van der Waals surface area contributed by atoms with Gasteiger partial charge in [0.05, 0.1) is 0 Å². The molecule has 0 aliphatic heterocycles. The molecule has 0 fully saturated rings. The second kappa shape index (κ2) is 11.9. The number of nitrogens with zero attached hydrogens (tertiary/aromatic N) is 2. The van der Waals surface area contributed by atoms with Crippen LogP contribution in [0, 0.1) is 0 Å². The molecule has 0 spiro atoms. The third kappa shape index (κ3) is 6.50. The highest BCUT2D eigenvalue weighted by molar-refractivity contribution is 5.68. The van der Waals surface area contributed by atoms with Crippen LogP contribution in [-0.2, 0) is 23.7 Å². The van der Waals surface area contributed by atoms with E-state index >= 15 is 0 Å². The van der Waals surface area contributed by atoms with Crippen molar-refractivity contribution in [3.8, 4) is 0 Å². The molecule has 1 aromatic carbocycles. The molecular weight excluding hydrogens is 314 g/mol. The normalized spacial score (nSPS) is 10.7. The molecule has 138 valence electrons. The Hall–Kier alpha value is -1.58. The van der Waals surface area contributed by atoms with Crippen molar-refractivity contribution in [2.24, 2.45) is 0 Å². The molecule has 0 aliphatic carbocycles. The molecule has 0 unspecified atom stereocenters. The van der Waals surface area contributed by atoms with E-state index in [2.05, 4.69) is 5.32 Å². The third-order valence-corrected chi connectivity index (χ3v) is 3.19. The Morgan fingerprint density at radius 1 is 0.667 bits per heavy atom. The van der Waals surface area contributed by atoms with E-state index in [1.165, 1.54) is 0 Å². The average Bonchev–Trinajstić information content (AvgIpc) is 2.59. The smallest absolute Gasteiger partial charge is 0.120 e. The van der Waals surface area contributed by atoms with Gasteiger partial charge in [-0.05, 0) is 18.2 Å². The summed E-state index contributed by atoms with van der Waals surface area (Å²) in [5, 5.41) is 3.21. The lowest BCUT2D eigenvalue weighted by atomic mass is 10.2. The summed E-state index contributed by atoms with van der Waals surface area (Å²) in [6.07, 6.45) is 0. The molecule has 0 saturated heterocycles. The maximum Gasteiger partial charge on any atom is 0.120 e. The molecule has 1 N–H and O–H groups in total. The summed E-state index contributed by atoms with van der Waals surface area (Å²) in [6, 6.07) is 6.06. The highest BCUT2D eigenvalue weighted by atomic mass is 16.5. The van der Waals surface area contributed by atoms with Gasteiger partial charge in [0, 0.05) is 52.6 Å². The number of hydrogen-bond acceptors (Lipinski definition) is 8. The van der Waals surface area contributed by atoms with E-state index in [-0.39, 0.29) is 0 Å². The average molecular weight is 343 g/mol. The van der Waals surface area contributed by atoms with E-state index in [9.17, 15) is 0 Å². The Balaban J connectivity index is 3.17. The van der Waals surface area contributed by atoms with Gasteiger partial charge in [-0.15, -0.1) is 0 Å². The van der Waals surface area contributed by atoms with Crippen LogP contribution in [-0.4, -0.2) is 69.2 Å². The van der Waals surface area contributed by atoms with Gasteiger partial charge in [-0.1, -0.05) is 0 Å². The zero-order chi connectivity index (χ0) is 17.8. The summed E-state index contributed by atoms with van der Waals surface area (Å²) in [5.74, 6) is 0. The molecule has 0 bridgehead atoms. The predicted octanol–water partition coefficient (Wildman–Crippen LogP) is 1.73. The van der Waals surface area contributed by atoms with Gasteiger partial charge in [-0.2, -0.15) is 0 Å². The number of methoxy groups -OCH3 is 5. The van der Waals surface area contributed by atoms with Crippen LogP contribution >= 0.6 is 0 Å². The Labute approximate surface area is 144 Å². The van der Waals surface area contributed by atoms with Crippen molar-refractivity contribution in [3.05, 3.63) is 18.2 Å². The summed E-state index contributed by atoms with van der Waals surface area (Å²) in [7, 11) is 8.25. The van der Waals surface area contributed by atoms with Crippen LogP contribution in [0.3, 0.4) is 0 Å². The van der Waals surface area contributed by atoms with Crippen LogP contribution in [0.25, 0.3) is 0 Å². The molecule has 0 aliphatic rings. The lowest BCUT2D eigenvalue weighted by Crippen LogP contribution is -2.30. The predicted molar refractivity (Wildman–Crippen MR) is 94.4 cm³/mol. The SMILES string of the molecule is COCNc1cc(N(COC)COC)cc(N(COC)COC)c1. The molecule has 0 radical (unpaired) electrons. The molecule has 0 atom stereocenters. The second-order valence-electron chi connectivity index (χ2n) is 5.10. The van der Waals surface area contributed by atoms with E-state index < -0.39 is 0 Å². The van der Waals surface area contributed by atoms with E-state index in [1.807, 2.05) is 28.0 Å². The monoisotopic (exact) mass is 343 g/mol. The minimum absolute atomic E-state index is 0.409. The van der Waals surface area contributed by atoms with Gasteiger partial charge < -0.3 is 38.8 Å². The van der Waals surface area contributed by atoms with Gasteiger partial charge in [0.15, 0.2) is 0 Å². The maximum absolute atomic E-state index is 5.27. The first-order valence-corrected chi connectivity index (χ1v) is 7.53. The quantitative estimate of drug-likeness (QED) is 0.543. The topological polar surface area (TPSA) is 64.7 Å². The Morgan fingerprint density at radius 2 is 1.08 bits per heavy atom. The maximum atomic E-state index is 5.27. The van der Waals surface area contributed by atoms with Crippen molar-refractivity contribution < 1.29 is 23.7 Å². The van der Waals surface area contributed by atoms with Crippen molar-refractivity contribution in [2.75, 3.05) is 84.3 Å². The van der Waals surface area contributed by atoms with Crippen molar-refractivity contribution in [3.63, 3.8) is 0 Å². The van der Waals surface area contributed by atoms with E-state index in [0.29, 0.717) is 33.7 Å². The number of ether oxygens (including phenoxy) is 5. The molecule has 1 aromatic rings. The van der Waals surface area contributed by atoms with Crippen LogP contribution in [0.5, 0.6) is 0 Å². The summed E-state index contributed by atoms with van der Waals surface area (Å²) < 4.78 is 26.2. The zero-order valence-electron chi connectivity index (χ0n) is 15.2. The van der Waals surface area contributed by atoms with Crippen molar-refractivity contribution in [1.29, 1.82) is 0 Å². The molecule has 0 aromatic heterocycles. The number of rotatable bonds is 13. The molecule has 24 heavy (non-hydrogen) atoms. The van der Waals surface area contributed by atoms with Crippen LogP contribution in [0.15, 0.2) is 18.2 Å². The number of anilines is 3.